The van der Waals surface area contributed by atoms with Crippen molar-refractivity contribution in [3.05, 3.63) is 24.3 Å². The number of aliphatic hydroxyl groups is 2. The smallest absolute Gasteiger partial charge is 0.471 e. The normalized spacial score (nSPS) is 24.5. The van der Waals surface area contributed by atoms with Crippen molar-refractivity contribution in [1.82, 2.24) is 25.3 Å². The molecule has 0 bridgehead atoms. The minimum atomic E-state index is -5.27. The van der Waals surface area contributed by atoms with Gasteiger partial charge in [0.15, 0.2) is 5.54 Å². The Bertz CT molecular complexity index is 2370. The van der Waals surface area contributed by atoms with Crippen molar-refractivity contribution in [2.75, 3.05) is 19.7 Å². The Morgan fingerprint density at radius 2 is 1.04 bits per heavy atom. The maximum absolute atomic E-state index is 13.3. The minimum absolute atomic E-state index is 0. The van der Waals surface area contributed by atoms with Crippen LogP contribution in [-0.2, 0) is 52.6 Å². The number of likely N-dealkylation sites (tertiary alicyclic amines) is 2. The fourth-order valence-corrected chi connectivity index (χ4v) is 9.38. The third-order valence-corrected chi connectivity index (χ3v) is 13.8. The number of hydrogen-bond acceptors (Lipinski definition) is 16. The van der Waals surface area contributed by atoms with Crippen LogP contribution in [0.1, 0.15) is 153 Å². The summed E-state index contributed by atoms with van der Waals surface area (Å²) in [6.07, 6.45) is -4.38. The number of nitrogens with zero attached hydrogens (tertiary/aromatic N) is 3. The van der Waals surface area contributed by atoms with Gasteiger partial charge in [0.1, 0.15) is 41.2 Å². The number of alkyl halides is 6. The van der Waals surface area contributed by atoms with Crippen LogP contribution in [0.15, 0.2) is 24.3 Å². The summed E-state index contributed by atoms with van der Waals surface area (Å²) >= 11 is 0. The first-order valence-corrected chi connectivity index (χ1v) is 27.0. The number of unbranched alkanes of at least 4 members (excludes halogenated alkanes) is 6. The molecule has 4 rings (SSSR count). The zero-order valence-electron chi connectivity index (χ0n) is 47.6. The average molecular weight is 1330 g/mol. The van der Waals surface area contributed by atoms with E-state index in [-0.39, 0.29) is 94.8 Å². The fraction of sp³-hybridized carbons (Fsp3) is 0.741. The first kappa shape index (κ1) is 76.4. The molecule has 0 aromatic heterocycles. The summed E-state index contributed by atoms with van der Waals surface area (Å²) in [5.74, 6) is -10.9. The van der Waals surface area contributed by atoms with Gasteiger partial charge in [-0.05, 0) is 107 Å². The number of carbonyl (C=O) groups is 10. The van der Waals surface area contributed by atoms with Crippen molar-refractivity contribution in [2.45, 2.75) is 224 Å². The highest BCUT2D eigenvalue weighted by Gasteiger charge is 2.69. The lowest BCUT2D eigenvalue weighted by atomic mass is 10.0. The number of nitrogens with one attached hydrogen (secondary N) is 2. The SMILES string of the molecule is C.CC(=O)[C@@]1(N)C[C@H]1/C=C\CCCCC[C@H](NC(=O)C(F)(F)F)C(=O)N1C[C@H](O)C[C@H]1C(=O)O.CCOC(=O)[C@@]1(N(C(=O)OC(C)(C)C)C(=O)OC(C)(C)C)C[C@H]1/C=C\CCCCC[C@H](NC(=O)C(F)(F)F)C(=O)N1C[C@H](O)C[C@H]1C(=O)O.[I-]. The maximum Gasteiger partial charge on any atom is 0.471 e. The second kappa shape index (κ2) is 31.7. The molecule has 2 heterocycles. The van der Waals surface area contributed by atoms with Gasteiger partial charge < -0.3 is 84.8 Å². The van der Waals surface area contributed by atoms with E-state index in [9.17, 15) is 94.7 Å². The highest BCUT2D eigenvalue weighted by Crippen LogP contribution is 2.52. The van der Waals surface area contributed by atoms with Gasteiger partial charge in [0.25, 0.3) is 0 Å². The lowest BCUT2D eigenvalue weighted by Crippen LogP contribution is -3.00. The number of ketones is 1. The number of esters is 1. The average Bonchev–Trinajstić information content (AvgIpc) is 1.88. The van der Waals surface area contributed by atoms with E-state index in [0.717, 1.165) is 9.80 Å². The number of ether oxygens (including phenoxy) is 3. The van der Waals surface area contributed by atoms with Crippen molar-refractivity contribution in [3.63, 3.8) is 0 Å². The van der Waals surface area contributed by atoms with Crippen LogP contribution in [0.3, 0.4) is 0 Å². The Morgan fingerprint density at radius 1 is 0.655 bits per heavy atom. The standard InChI is InChI=1S/C32H48F3N3O11.C21H30F3N3O6.CH4.HI/c1-8-47-26(44)31(38(27(45)48-29(2,3)4)28(46)49-30(5,6)7)17-19(31)14-12-10-9-11-13-15-21(36-25(43)32(33,34)35)23(40)37-18-20(39)16-22(37)24(41)42;1-12(28)20(25)10-13(20)7-5-3-2-4-6-8-15(26-19(33)21(22,23)24)17(30)27-11-14(29)9-16(27)18(31)32;;/h12,14,19-22,39H,8-11,13,15-18H2,1-7H3,(H,36,43)(H,41,42);5,7,13-16,29H,2-4,6,8-11,25H2,1H3,(H,26,33)(H,31,32);1H4;1H/p-1/b14-12-;7-5-;;/t19-,20-,21+,22+,31-;13-,14-,15+,16+,20+;;/m11../s1. The molecule has 0 spiro atoms. The maximum atomic E-state index is 13.3. The van der Waals surface area contributed by atoms with Crippen molar-refractivity contribution >= 4 is 59.5 Å². The predicted octanol–water partition coefficient (Wildman–Crippen LogP) is 2.61. The summed E-state index contributed by atoms with van der Waals surface area (Å²) in [5.41, 5.74) is 1.42. The largest absolute Gasteiger partial charge is 1.00 e. The topological polar surface area (TPSA) is 339 Å². The summed E-state index contributed by atoms with van der Waals surface area (Å²) in [6.45, 7) is 11.9. The second-order valence-corrected chi connectivity index (χ2v) is 22.8. The molecule has 480 valence electrons. The molecule has 0 unspecified atom stereocenters. The molecule has 4 fully saturated rings. The number of Topliss-reactive ketones (excluding diaryl/α,β-unsaturated/α-hetero) is 1. The number of carbonyl (C=O) groups excluding carboxylic acids is 8. The molecule has 0 aromatic rings. The Labute approximate surface area is 501 Å². The van der Waals surface area contributed by atoms with E-state index in [1.54, 1.807) is 71.3 Å². The molecule has 2 aliphatic carbocycles. The van der Waals surface area contributed by atoms with E-state index in [0.29, 0.717) is 56.3 Å². The lowest BCUT2D eigenvalue weighted by Gasteiger charge is -2.33. The Balaban J connectivity index is 0.000000880. The van der Waals surface area contributed by atoms with Gasteiger partial charge in [-0.3, -0.25) is 24.0 Å². The molecular weight excluding hydrogens is 1250 g/mol. The molecule has 84 heavy (non-hydrogen) atoms. The van der Waals surface area contributed by atoms with E-state index in [2.05, 4.69) is 0 Å². The third kappa shape index (κ3) is 22.3. The Hall–Kier alpha value is -5.63. The van der Waals surface area contributed by atoms with Crippen LogP contribution in [0.2, 0.25) is 0 Å². The first-order valence-electron chi connectivity index (χ1n) is 27.0. The highest BCUT2D eigenvalue weighted by atomic mass is 127. The van der Waals surface area contributed by atoms with Crippen molar-refractivity contribution in [1.29, 1.82) is 0 Å². The molecule has 0 radical (unpaired) electrons. The second-order valence-electron chi connectivity index (χ2n) is 22.8. The van der Waals surface area contributed by atoms with E-state index in [4.69, 9.17) is 19.9 Å². The number of carboxylic acid groups (broad SMARTS) is 2. The first-order chi connectivity index (χ1) is 37.7. The molecule has 30 heteroatoms. The third-order valence-electron chi connectivity index (χ3n) is 13.8. The van der Waals surface area contributed by atoms with Crippen LogP contribution in [0, 0.1) is 11.8 Å². The molecular formula is C54H82F6IN6O17-. The zero-order chi connectivity index (χ0) is 62.5. The van der Waals surface area contributed by atoms with Gasteiger partial charge >= 0.3 is 54.3 Å². The van der Waals surface area contributed by atoms with Crippen LogP contribution in [-0.4, -0.2) is 185 Å². The van der Waals surface area contributed by atoms with Crippen LogP contribution < -0.4 is 40.3 Å². The number of amides is 6. The van der Waals surface area contributed by atoms with Gasteiger partial charge in [-0.2, -0.15) is 31.2 Å². The quantitative estimate of drug-likeness (QED) is 0.0182. The van der Waals surface area contributed by atoms with E-state index >= 15 is 0 Å². The molecule has 8 N–H and O–H groups in total. The molecule has 4 aliphatic rings. The number of allylic oxidation sites excluding steroid dienone is 2. The van der Waals surface area contributed by atoms with Crippen molar-refractivity contribution < 1.29 is 133 Å². The molecule has 0 aromatic carbocycles. The van der Waals surface area contributed by atoms with Crippen LogP contribution >= 0.6 is 0 Å². The van der Waals surface area contributed by atoms with Gasteiger partial charge in [0, 0.05) is 37.8 Å². The van der Waals surface area contributed by atoms with Crippen molar-refractivity contribution in [2.24, 2.45) is 17.6 Å². The van der Waals surface area contributed by atoms with Gasteiger partial charge in [0.2, 0.25) is 11.8 Å². The van der Waals surface area contributed by atoms with Crippen LogP contribution in [0.4, 0.5) is 35.9 Å². The number of nitrogens with two attached hydrogens (primary N) is 1. The van der Waals surface area contributed by atoms with Crippen molar-refractivity contribution in [3.8, 4) is 0 Å². The van der Waals surface area contributed by atoms with Crippen LogP contribution in [0.25, 0.3) is 0 Å². The van der Waals surface area contributed by atoms with E-state index in [1.165, 1.54) is 6.92 Å². The van der Waals surface area contributed by atoms with Gasteiger partial charge in [0.05, 0.1) is 24.4 Å². The fourth-order valence-electron chi connectivity index (χ4n) is 9.38. The summed E-state index contributed by atoms with van der Waals surface area (Å²) in [6, 6.07) is -6.03. The molecule has 2 aliphatic heterocycles. The lowest BCUT2D eigenvalue weighted by molar-refractivity contribution is -0.175. The minimum Gasteiger partial charge on any atom is -1.00 e. The summed E-state index contributed by atoms with van der Waals surface area (Å²) in [4.78, 5) is 125. The van der Waals surface area contributed by atoms with Crippen LogP contribution in [0.5, 0.6) is 0 Å². The highest BCUT2D eigenvalue weighted by molar-refractivity contribution is 5.99. The van der Waals surface area contributed by atoms with E-state index in [1.807, 2.05) is 12.2 Å². The number of aliphatic carboxylic acids is 2. The number of aliphatic hydroxyl groups excluding tert-OH is 2. The number of hydrogen-bond donors (Lipinski definition) is 7. The molecule has 10 atom stereocenters. The van der Waals surface area contributed by atoms with Gasteiger partial charge in [-0.1, -0.05) is 57.4 Å². The number of β-amino-alcohol motifs (C(OH)–C–C–N with tert-alkyl or cyclic N) is 2. The monoisotopic (exact) mass is 1330 g/mol. The summed E-state index contributed by atoms with van der Waals surface area (Å²) in [7, 11) is 0. The van der Waals surface area contributed by atoms with Gasteiger partial charge in [-0.25, -0.2) is 24.0 Å². The molecule has 2 saturated carbocycles. The molecule has 23 nitrogen and oxygen atoms in total. The number of halogens is 7. The zero-order valence-corrected chi connectivity index (χ0v) is 49.8. The number of imide groups is 1. The Morgan fingerprint density at radius 3 is 1.36 bits per heavy atom. The van der Waals surface area contributed by atoms with E-state index < -0.39 is 137 Å². The van der Waals surface area contributed by atoms with Gasteiger partial charge in [-0.15, -0.1) is 0 Å². The number of rotatable bonds is 24. The Kier molecular flexibility index (Phi) is 28.8. The number of carboxylic acids is 2. The summed E-state index contributed by atoms with van der Waals surface area (Å²) in [5, 5.41) is 41.5. The molecule has 6 amide bonds. The predicted molar refractivity (Wildman–Crippen MR) is 282 cm³/mol. The summed E-state index contributed by atoms with van der Waals surface area (Å²) < 4.78 is 93.2. The molecule has 2 saturated heterocycles.